The number of carbonyl (C=O) groups excluding carboxylic acids is 2. The SMILES string of the molecule is CC1=CC[C@@]2(C)C(=O)C=C(C)C(=O)[C@H]2C1. The Hall–Kier alpha value is -1.18. The van der Waals surface area contributed by atoms with Crippen molar-refractivity contribution in [1.82, 2.24) is 0 Å². The van der Waals surface area contributed by atoms with Crippen molar-refractivity contribution in [3.63, 3.8) is 0 Å². The van der Waals surface area contributed by atoms with Crippen molar-refractivity contribution in [2.75, 3.05) is 0 Å². The third-order valence-electron chi connectivity index (χ3n) is 3.79. The van der Waals surface area contributed by atoms with Crippen LogP contribution in [0, 0.1) is 11.3 Å². The van der Waals surface area contributed by atoms with E-state index in [-0.39, 0.29) is 17.5 Å². The minimum absolute atomic E-state index is 0.119. The van der Waals surface area contributed by atoms with E-state index in [0.717, 1.165) is 6.42 Å². The fourth-order valence-electron chi connectivity index (χ4n) is 2.52. The summed E-state index contributed by atoms with van der Waals surface area (Å²) in [6.45, 7) is 5.70. The van der Waals surface area contributed by atoms with Crippen molar-refractivity contribution >= 4 is 11.6 Å². The Labute approximate surface area is 90.1 Å². The maximum Gasteiger partial charge on any atom is 0.163 e. The predicted molar refractivity (Wildman–Crippen MR) is 58.4 cm³/mol. The van der Waals surface area contributed by atoms with E-state index in [2.05, 4.69) is 6.08 Å². The maximum atomic E-state index is 12.0. The molecule has 0 spiro atoms. The highest BCUT2D eigenvalue weighted by Crippen LogP contribution is 2.45. The van der Waals surface area contributed by atoms with Gasteiger partial charge in [0.15, 0.2) is 11.6 Å². The molecule has 0 heterocycles. The van der Waals surface area contributed by atoms with Gasteiger partial charge in [0.05, 0.1) is 0 Å². The molecule has 0 aromatic rings. The summed E-state index contributed by atoms with van der Waals surface area (Å²) in [4.78, 5) is 24.0. The molecule has 0 unspecified atom stereocenters. The molecule has 0 bridgehead atoms. The maximum absolute atomic E-state index is 12.0. The lowest BCUT2D eigenvalue weighted by atomic mass is 9.61. The molecule has 0 saturated carbocycles. The summed E-state index contributed by atoms with van der Waals surface area (Å²) < 4.78 is 0. The molecule has 0 N–H and O–H groups in total. The van der Waals surface area contributed by atoms with Crippen LogP contribution in [0.2, 0.25) is 0 Å². The first kappa shape index (κ1) is 10.3. The summed E-state index contributed by atoms with van der Waals surface area (Å²) in [5.74, 6) is 0.151. The lowest BCUT2D eigenvalue weighted by Gasteiger charge is -2.40. The summed E-state index contributed by atoms with van der Waals surface area (Å²) in [6, 6.07) is 0. The van der Waals surface area contributed by atoms with E-state index in [4.69, 9.17) is 0 Å². The van der Waals surface area contributed by atoms with Gasteiger partial charge in [0, 0.05) is 11.3 Å². The molecule has 0 fully saturated rings. The van der Waals surface area contributed by atoms with E-state index in [0.29, 0.717) is 12.0 Å². The quantitative estimate of drug-likeness (QED) is 0.568. The van der Waals surface area contributed by atoms with Gasteiger partial charge in [-0.3, -0.25) is 9.59 Å². The lowest BCUT2D eigenvalue weighted by Crippen LogP contribution is -2.44. The van der Waals surface area contributed by atoms with Crippen LogP contribution < -0.4 is 0 Å². The summed E-state index contributed by atoms with van der Waals surface area (Å²) in [7, 11) is 0. The van der Waals surface area contributed by atoms with Gasteiger partial charge in [-0.25, -0.2) is 0 Å². The molecule has 0 amide bonds. The molecule has 0 aromatic heterocycles. The standard InChI is InChI=1S/C13H16O2/c1-8-4-5-13(3)10(6-8)12(15)9(2)7-11(13)14/h4,7,10H,5-6H2,1-3H3/t10-,13-/m1/s1. The molecule has 0 aliphatic heterocycles. The first-order chi connectivity index (χ1) is 6.95. The molecular formula is C13H16O2. The van der Waals surface area contributed by atoms with E-state index in [1.165, 1.54) is 11.6 Å². The highest BCUT2D eigenvalue weighted by Gasteiger charge is 2.47. The number of hydrogen-bond acceptors (Lipinski definition) is 2. The average molecular weight is 204 g/mol. The summed E-state index contributed by atoms with van der Waals surface area (Å²) >= 11 is 0. The van der Waals surface area contributed by atoms with Gasteiger partial charge in [0.2, 0.25) is 0 Å². The van der Waals surface area contributed by atoms with Gasteiger partial charge in [0.25, 0.3) is 0 Å². The zero-order valence-electron chi connectivity index (χ0n) is 9.46. The summed E-state index contributed by atoms with van der Waals surface area (Å²) in [6.07, 6.45) is 5.06. The lowest BCUT2D eigenvalue weighted by molar-refractivity contribution is -0.136. The molecule has 2 nitrogen and oxygen atoms in total. The second kappa shape index (κ2) is 3.16. The first-order valence-electron chi connectivity index (χ1n) is 5.38. The van der Waals surface area contributed by atoms with Crippen LogP contribution in [0.1, 0.15) is 33.6 Å². The smallest absolute Gasteiger partial charge is 0.163 e. The van der Waals surface area contributed by atoms with Gasteiger partial charge in [0.1, 0.15) is 0 Å². The number of rotatable bonds is 0. The number of Topliss-reactive ketones (excluding diaryl/α,β-unsaturated/α-hetero) is 1. The Balaban J connectivity index is 2.48. The van der Waals surface area contributed by atoms with Crippen molar-refractivity contribution in [1.29, 1.82) is 0 Å². The van der Waals surface area contributed by atoms with Crippen molar-refractivity contribution in [2.24, 2.45) is 11.3 Å². The van der Waals surface area contributed by atoms with Crippen molar-refractivity contribution in [3.05, 3.63) is 23.3 Å². The highest BCUT2D eigenvalue weighted by atomic mass is 16.1. The molecule has 15 heavy (non-hydrogen) atoms. The fourth-order valence-corrected chi connectivity index (χ4v) is 2.52. The molecule has 2 atom stereocenters. The average Bonchev–Trinajstić information content (AvgIpc) is 2.18. The van der Waals surface area contributed by atoms with Gasteiger partial charge < -0.3 is 0 Å². The predicted octanol–water partition coefficient (Wildman–Crippen LogP) is 2.45. The van der Waals surface area contributed by atoms with Crippen LogP contribution in [0.3, 0.4) is 0 Å². The summed E-state index contributed by atoms with van der Waals surface area (Å²) in [5, 5.41) is 0. The highest BCUT2D eigenvalue weighted by molar-refractivity contribution is 6.12. The van der Waals surface area contributed by atoms with E-state index in [1.54, 1.807) is 6.92 Å². The molecule has 80 valence electrons. The van der Waals surface area contributed by atoms with Crippen molar-refractivity contribution < 1.29 is 9.59 Å². The van der Waals surface area contributed by atoms with E-state index in [9.17, 15) is 9.59 Å². The van der Waals surface area contributed by atoms with Crippen molar-refractivity contribution in [2.45, 2.75) is 33.6 Å². The largest absolute Gasteiger partial charge is 0.294 e. The van der Waals surface area contributed by atoms with Crippen LogP contribution in [0.5, 0.6) is 0 Å². The molecule has 2 aliphatic rings. The van der Waals surface area contributed by atoms with Gasteiger partial charge in [-0.1, -0.05) is 18.6 Å². The zero-order valence-corrected chi connectivity index (χ0v) is 9.46. The van der Waals surface area contributed by atoms with Crippen LogP contribution in [0.15, 0.2) is 23.3 Å². The first-order valence-corrected chi connectivity index (χ1v) is 5.38. The zero-order chi connectivity index (χ0) is 11.2. The molecule has 2 aliphatic carbocycles. The second-order valence-corrected chi connectivity index (χ2v) is 4.98. The monoisotopic (exact) mass is 204 g/mol. The second-order valence-electron chi connectivity index (χ2n) is 4.98. The fraction of sp³-hybridized carbons (Fsp3) is 0.538. The Morgan fingerprint density at radius 3 is 2.67 bits per heavy atom. The van der Waals surface area contributed by atoms with Gasteiger partial charge in [-0.05, 0) is 38.3 Å². The van der Waals surface area contributed by atoms with Crippen LogP contribution in [-0.2, 0) is 9.59 Å². The third kappa shape index (κ3) is 1.39. The number of fused-ring (bicyclic) bond motifs is 1. The Kier molecular flexibility index (Phi) is 2.18. The third-order valence-corrected chi connectivity index (χ3v) is 3.79. The van der Waals surface area contributed by atoms with E-state index >= 15 is 0 Å². The van der Waals surface area contributed by atoms with Crippen LogP contribution in [-0.4, -0.2) is 11.6 Å². The van der Waals surface area contributed by atoms with Crippen molar-refractivity contribution in [3.8, 4) is 0 Å². The topological polar surface area (TPSA) is 34.1 Å². The van der Waals surface area contributed by atoms with Crippen LogP contribution in [0.4, 0.5) is 0 Å². The van der Waals surface area contributed by atoms with E-state index in [1.807, 2.05) is 13.8 Å². The Morgan fingerprint density at radius 1 is 1.33 bits per heavy atom. The molecule has 0 saturated heterocycles. The van der Waals surface area contributed by atoms with Crippen LogP contribution >= 0.6 is 0 Å². The molecular weight excluding hydrogens is 188 g/mol. The number of ketones is 2. The molecule has 0 aromatic carbocycles. The Bertz CT molecular complexity index is 401. The summed E-state index contributed by atoms with van der Waals surface area (Å²) in [5.41, 5.74) is 1.38. The minimum atomic E-state index is -0.476. The van der Waals surface area contributed by atoms with E-state index < -0.39 is 5.41 Å². The normalized spacial score (nSPS) is 35.8. The number of allylic oxidation sites excluding steroid dienone is 4. The molecule has 2 heteroatoms. The van der Waals surface area contributed by atoms with Gasteiger partial charge >= 0.3 is 0 Å². The van der Waals surface area contributed by atoms with Crippen LogP contribution in [0.25, 0.3) is 0 Å². The number of carbonyl (C=O) groups is 2. The molecule has 0 radical (unpaired) electrons. The minimum Gasteiger partial charge on any atom is -0.294 e. The van der Waals surface area contributed by atoms with Gasteiger partial charge in [-0.2, -0.15) is 0 Å². The molecule has 2 rings (SSSR count). The number of hydrogen-bond donors (Lipinski definition) is 0. The Morgan fingerprint density at radius 2 is 2.00 bits per heavy atom. The van der Waals surface area contributed by atoms with Gasteiger partial charge in [-0.15, -0.1) is 0 Å².